The quantitative estimate of drug-likeness (QED) is 0.518. The van der Waals surface area contributed by atoms with Gasteiger partial charge < -0.3 is 0 Å². The van der Waals surface area contributed by atoms with Crippen LogP contribution in [-0.2, 0) is 0 Å². The topological polar surface area (TPSA) is 0 Å². The Balaban J connectivity index is -0.000000142. The van der Waals surface area contributed by atoms with E-state index in [2.05, 4.69) is 32.9 Å². The average Bonchev–Trinajstić information content (AvgIpc) is 2.22. The molecule has 0 heteroatoms. The van der Waals surface area contributed by atoms with Crippen molar-refractivity contribution in [2.24, 2.45) is 0 Å². The smallest absolute Gasteiger partial charge is 0.0376 e. The third-order valence-electron chi connectivity index (χ3n) is 1.18. The molecule has 0 heterocycles. The molecule has 0 amide bonds. The summed E-state index contributed by atoms with van der Waals surface area (Å²) in [6.07, 6.45) is 12.0. The molecule has 0 aliphatic carbocycles. The third-order valence-corrected chi connectivity index (χ3v) is 1.18. The van der Waals surface area contributed by atoms with E-state index >= 15 is 0 Å². The van der Waals surface area contributed by atoms with Crippen LogP contribution < -0.4 is 0 Å². The molecule has 0 nitrogen and oxygen atoms in total. The summed E-state index contributed by atoms with van der Waals surface area (Å²) in [5.74, 6) is 0. The number of allylic oxidation sites excluding steroid dienone is 4. The van der Waals surface area contributed by atoms with Crippen LogP contribution in [0.4, 0.5) is 0 Å². The lowest BCUT2D eigenvalue weighted by molar-refractivity contribution is 0.886. The first-order valence-electron chi connectivity index (χ1n) is 5.61. The maximum Gasteiger partial charge on any atom is -0.0376 e. The van der Waals surface area contributed by atoms with Gasteiger partial charge in [-0.2, -0.15) is 0 Å². The van der Waals surface area contributed by atoms with Crippen LogP contribution >= 0.6 is 0 Å². The number of hydrogen-bond donors (Lipinski definition) is 0. The van der Waals surface area contributed by atoms with Crippen LogP contribution in [0.15, 0.2) is 24.3 Å². The van der Waals surface area contributed by atoms with Crippen LogP contribution in [0.3, 0.4) is 0 Å². The van der Waals surface area contributed by atoms with Crippen molar-refractivity contribution in [1.82, 2.24) is 0 Å². The second-order valence-electron chi connectivity index (χ2n) is 2.36. The lowest BCUT2D eigenvalue weighted by atomic mass is 10.4. The average molecular weight is 184 g/mol. The van der Waals surface area contributed by atoms with Gasteiger partial charge >= 0.3 is 0 Å². The summed E-state index contributed by atoms with van der Waals surface area (Å²) in [7, 11) is 0. The highest BCUT2D eigenvalue weighted by Gasteiger charge is 1.57. The van der Waals surface area contributed by atoms with E-state index in [1.54, 1.807) is 0 Å². The summed E-state index contributed by atoms with van der Waals surface area (Å²) in [4.78, 5) is 0. The number of unbranched alkanes of at least 4 members (excludes halogenated alkanes) is 1. The summed E-state index contributed by atoms with van der Waals surface area (Å²) in [5, 5.41) is 0. The molecule has 0 aromatic rings. The van der Waals surface area contributed by atoms with Gasteiger partial charge in [-0.3, -0.25) is 0 Å². The molecule has 0 bridgehead atoms. The minimum Gasteiger partial charge on any atom is -0.0877 e. The first-order valence-corrected chi connectivity index (χ1v) is 5.61. The lowest BCUT2D eigenvalue weighted by Crippen LogP contribution is -1.48. The molecule has 0 rings (SSSR count). The molecule has 0 aromatic carbocycles. The Kier molecular flexibility index (Phi) is 42.3. The van der Waals surface area contributed by atoms with Crippen molar-refractivity contribution in [3.8, 4) is 0 Å². The van der Waals surface area contributed by atoms with E-state index < -0.39 is 0 Å². The van der Waals surface area contributed by atoms with Crippen LogP contribution in [0, 0.1) is 0 Å². The Morgan fingerprint density at radius 1 is 0.846 bits per heavy atom. The largest absolute Gasteiger partial charge is 0.0877 e. The maximum absolute atomic E-state index is 2.18. The molecule has 0 radical (unpaired) electrons. The van der Waals surface area contributed by atoms with Crippen molar-refractivity contribution < 1.29 is 0 Å². The van der Waals surface area contributed by atoms with E-state index in [0.29, 0.717) is 0 Å². The molecule has 80 valence electrons. The first-order chi connectivity index (χ1) is 6.33. The van der Waals surface area contributed by atoms with Gasteiger partial charge in [0.25, 0.3) is 0 Å². The van der Waals surface area contributed by atoms with Crippen molar-refractivity contribution in [1.29, 1.82) is 0 Å². The molecular weight excluding hydrogens is 156 g/mol. The summed E-state index contributed by atoms with van der Waals surface area (Å²) in [6, 6.07) is 0. The second-order valence-corrected chi connectivity index (χ2v) is 2.36. The van der Waals surface area contributed by atoms with Gasteiger partial charge in [-0.1, -0.05) is 71.8 Å². The minimum atomic E-state index is 1.13. The summed E-state index contributed by atoms with van der Waals surface area (Å²) in [5.41, 5.74) is 0. The molecule has 0 N–H and O–H groups in total. The number of hydrogen-bond acceptors (Lipinski definition) is 0. The fourth-order valence-electron chi connectivity index (χ4n) is 0.326. The summed E-state index contributed by atoms with van der Waals surface area (Å²) in [6.45, 7) is 12.5. The van der Waals surface area contributed by atoms with Crippen molar-refractivity contribution in [2.45, 2.75) is 60.8 Å². The molecule has 0 aromatic heterocycles. The van der Waals surface area contributed by atoms with Crippen molar-refractivity contribution in [3.63, 3.8) is 0 Å². The fraction of sp³-hybridized carbons (Fsp3) is 0.692. The van der Waals surface area contributed by atoms with E-state index in [-0.39, 0.29) is 0 Å². The molecule has 0 aliphatic rings. The molecule has 0 atom stereocenters. The van der Waals surface area contributed by atoms with Crippen LogP contribution in [0.1, 0.15) is 60.8 Å². The Labute approximate surface area is 85.8 Å². The Bertz CT molecular complexity index is 86.2. The molecule has 0 fully saturated rings. The van der Waals surface area contributed by atoms with Gasteiger partial charge in [-0.05, 0) is 13.3 Å². The molecule has 0 saturated heterocycles. The monoisotopic (exact) mass is 184 g/mol. The van der Waals surface area contributed by atoms with Gasteiger partial charge in [0.05, 0.1) is 0 Å². The zero-order valence-corrected chi connectivity index (χ0v) is 10.4. The number of rotatable bonds is 3. The Morgan fingerprint density at radius 2 is 1.31 bits per heavy atom. The second kappa shape index (κ2) is 30.0. The van der Waals surface area contributed by atoms with Gasteiger partial charge in [0.1, 0.15) is 0 Å². The van der Waals surface area contributed by atoms with Crippen LogP contribution in [-0.4, -0.2) is 0 Å². The van der Waals surface area contributed by atoms with Crippen LogP contribution in [0.25, 0.3) is 0 Å². The third kappa shape index (κ3) is 51.4. The predicted octanol–water partition coefficient (Wildman–Crippen LogP) is 5.36. The normalized spacial score (nSPS) is 9.08. The van der Waals surface area contributed by atoms with E-state index in [0.717, 1.165) is 6.42 Å². The molecular formula is C13H28. The van der Waals surface area contributed by atoms with Gasteiger partial charge in [-0.15, -0.1) is 0 Å². The first kappa shape index (κ1) is 18.3. The van der Waals surface area contributed by atoms with E-state index in [4.69, 9.17) is 0 Å². The fourth-order valence-corrected chi connectivity index (χ4v) is 0.326. The molecule has 0 unspecified atom stereocenters. The maximum atomic E-state index is 2.18. The molecule has 0 saturated carbocycles. The Hall–Kier alpha value is -0.520. The van der Waals surface area contributed by atoms with Crippen molar-refractivity contribution in [3.05, 3.63) is 24.3 Å². The highest BCUT2D eigenvalue weighted by atomic mass is 13.7. The van der Waals surface area contributed by atoms with Gasteiger partial charge in [-0.25, -0.2) is 0 Å². The predicted molar refractivity (Wildman–Crippen MR) is 66.2 cm³/mol. The highest BCUT2D eigenvalue weighted by Crippen LogP contribution is 1.79. The van der Waals surface area contributed by atoms with Crippen molar-refractivity contribution >= 4 is 0 Å². The molecule has 13 heavy (non-hydrogen) atoms. The summed E-state index contributed by atoms with van der Waals surface area (Å²) < 4.78 is 0. The van der Waals surface area contributed by atoms with Gasteiger partial charge in [0.15, 0.2) is 0 Å². The minimum absolute atomic E-state index is 1.13. The highest BCUT2D eigenvalue weighted by molar-refractivity contribution is 5.00. The van der Waals surface area contributed by atoms with Gasteiger partial charge in [0, 0.05) is 0 Å². The zero-order valence-electron chi connectivity index (χ0n) is 10.4. The van der Waals surface area contributed by atoms with Crippen molar-refractivity contribution in [2.75, 3.05) is 0 Å². The van der Waals surface area contributed by atoms with E-state index in [1.165, 1.54) is 12.8 Å². The molecule has 0 aliphatic heterocycles. The van der Waals surface area contributed by atoms with Gasteiger partial charge in [0.2, 0.25) is 0 Å². The SMILES string of the molecule is C/C=C\C=CCC.CC.CCCC. The van der Waals surface area contributed by atoms with Crippen LogP contribution in [0.2, 0.25) is 0 Å². The van der Waals surface area contributed by atoms with Crippen LogP contribution in [0.5, 0.6) is 0 Å². The standard InChI is InChI=1S/C7H12.C4H10.C2H6/c1-3-5-7-6-4-2;1-3-4-2;1-2/h3,5-7H,4H2,1-2H3;3-4H2,1-2H3;1-2H3/b5-3-,7-6?;;. The Morgan fingerprint density at radius 3 is 1.54 bits per heavy atom. The van der Waals surface area contributed by atoms with E-state index in [9.17, 15) is 0 Å². The molecule has 0 spiro atoms. The lowest BCUT2D eigenvalue weighted by Gasteiger charge is -1.70. The summed E-state index contributed by atoms with van der Waals surface area (Å²) >= 11 is 0. The zero-order chi connectivity index (χ0) is 10.9. The van der Waals surface area contributed by atoms with E-state index in [1.807, 2.05) is 32.9 Å².